The molecule has 0 amide bonds. The van der Waals surface area contributed by atoms with E-state index in [2.05, 4.69) is 0 Å². The van der Waals surface area contributed by atoms with E-state index in [1.807, 2.05) is 35.2 Å². The number of ether oxygens (including phenoxy) is 1. The average molecular weight is 292 g/mol. The minimum absolute atomic E-state index is 0.250. The lowest BCUT2D eigenvalue weighted by Gasteiger charge is -2.26. The minimum atomic E-state index is -0.250. The molecule has 0 aromatic heterocycles. The number of anilines is 2. The molecule has 2 aromatic rings. The topological polar surface area (TPSA) is 12.5 Å². The normalized spacial score (nSPS) is 14.4. The van der Waals surface area contributed by atoms with Crippen molar-refractivity contribution in [3.05, 3.63) is 53.8 Å². The van der Waals surface area contributed by atoms with Gasteiger partial charge in [0.15, 0.2) is 0 Å². The highest BCUT2D eigenvalue weighted by molar-refractivity contribution is 6.17. The molecule has 104 valence electrons. The van der Waals surface area contributed by atoms with Crippen LogP contribution in [-0.2, 0) is 5.88 Å². The molecule has 0 aliphatic carbocycles. The fourth-order valence-corrected chi connectivity index (χ4v) is 2.75. The molecule has 2 nitrogen and oxygen atoms in total. The van der Waals surface area contributed by atoms with Crippen LogP contribution in [0, 0.1) is 5.82 Å². The van der Waals surface area contributed by atoms with Gasteiger partial charge in [-0.05, 0) is 30.2 Å². The summed E-state index contributed by atoms with van der Waals surface area (Å²) in [6.45, 7) is 1.35. The number of nitrogens with zero attached hydrogens (tertiary/aromatic N) is 1. The zero-order valence-corrected chi connectivity index (χ0v) is 11.7. The molecule has 0 bridgehead atoms. The van der Waals surface area contributed by atoms with E-state index in [0.29, 0.717) is 18.8 Å². The van der Waals surface area contributed by atoms with Crippen molar-refractivity contribution in [3.8, 4) is 5.75 Å². The first-order valence-electron chi connectivity index (χ1n) is 6.64. The van der Waals surface area contributed by atoms with Gasteiger partial charge in [-0.3, -0.25) is 0 Å². The Balaban J connectivity index is 2.15. The highest BCUT2D eigenvalue weighted by Gasteiger charge is 2.22. The van der Waals surface area contributed by atoms with Gasteiger partial charge < -0.3 is 9.64 Å². The summed E-state index contributed by atoms with van der Waals surface area (Å²) >= 11 is 5.97. The smallest absolute Gasteiger partial charge is 0.147 e. The van der Waals surface area contributed by atoms with E-state index in [9.17, 15) is 4.39 Å². The molecule has 1 heterocycles. The molecule has 0 fully saturated rings. The molecule has 4 heteroatoms. The first-order chi connectivity index (χ1) is 9.81. The maximum atomic E-state index is 14.3. The van der Waals surface area contributed by atoms with E-state index < -0.39 is 0 Å². The van der Waals surface area contributed by atoms with Crippen LogP contribution < -0.4 is 9.64 Å². The third-order valence-corrected chi connectivity index (χ3v) is 3.71. The van der Waals surface area contributed by atoms with Crippen LogP contribution in [0.3, 0.4) is 0 Å². The fourth-order valence-electron chi connectivity index (χ4n) is 2.53. The number of fused-ring (bicyclic) bond motifs is 1. The Kier molecular flexibility index (Phi) is 3.79. The summed E-state index contributed by atoms with van der Waals surface area (Å²) in [5.41, 5.74) is 2.24. The second kappa shape index (κ2) is 5.71. The number of hydrogen-bond donors (Lipinski definition) is 0. The molecule has 0 radical (unpaired) electrons. The molecule has 0 unspecified atom stereocenters. The summed E-state index contributed by atoms with van der Waals surface area (Å²) in [6.07, 6.45) is 0.838. The van der Waals surface area contributed by atoms with E-state index in [1.165, 1.54) is 6.07 Å². The maximum absolute atomic E-state index is 14.3. The van der Waals surface area contributed by atoms with E-state index >= 15 is 0 Å². The highest BCUT2D eigenvalue weighted by Crippen LogP contribution is 2.38. The molecule has 20 heavy (non-hydrogen) atoms. The fraction of sp³-hybridized carbons (Fsp3) is 0.250. The number of para-hydroxylation sites is 3. The lowest BCUT2D eigenvalue weighted by molar-refractivity contribution is 0.322. The van der Waals surface area contributed by atoms with Crippen LogP contribution in [0.5, 0.6) is 5.75 Å². The molecule has 0 N–H and O–H groups in total. The van der Waals surface area contributed by atoms with Crippen LogP contribution in [0.25, 0.3) is 0 Å². The van der Waals surface area contributed by atoms with Gasteiger partial charge in [0.25, 0.3) is 0 Å². The second-order valence-electron chi connectivity index (χ2n) is 4.70. The number of halogens is 2. The van der Waals surface area contributed by atoms with Crippen molar-refractivity contribution in [1.82, 2.24) is 0 Å². The lowest BCUT2D eigenvalue weighted by Crippen LogP contribution is -2.20. The first-order valence-corrected chi connectivity index (χ1v) is 7.17. The number of benzene rings is 2. The quantitative estimate of drug-likeness (QED) is 0.756. The molecular formula is C16H15ClFNO. The van der Waals surface area contributed by atoms with Crippen LogP contribution in [0.4, 0.5) is 15.8 Å². The summed E-state index contributed by atoms with van der Waals surface area (Å²) in [6, 6.07) is 12.7. The Labute approximate surface area is 122 Å². The Morgan fingerprint density at radius 2 is 2.00 bits per heavy atom. The molecule has 0 atom stereocenters. The predicted molar refractivity (Wildman–Crippen MR) is 79.5 cm³/mol. The summed E-state index contributed by atoms with van der Waals surface area (Å²) in [5, 5.41) is 0. The standard InChI is InChI=1S/C16H15ClFNO/c17-11-12-5-3-6-13(18)16(12)19-9-4-10-20-15-8-2-1-7-14(15)19/h1-3,5-8H,4,9-11H2. The van der Waals surface area contributed by atoms with E-state index in [4.69, 9.17) is 16.3 Å². The van der Waals surface area contributed by atoms with Gasteiger partial charge in [0, 0.05) is 12.4 Å². The van der Waals surface area contributed by atoms with Gasteiger partial charge in [0.2, 0.25) is 0 Å². The number of hydrogen-bond acceptors (Lipinski definition) is 2. The van der Waals surface area contributed by atoms with Crippen molar-refractivity contribution in [3.63, 3.8) is 0 Å². The summed E-state index contributed by atoms with van der Waals surface area (Å²) in [4.78, 5) is 1.97. The zero-order chi connectivity index (χ0) is 13.9. The van der Waals surface area contributed by atoms with Crippen LogP contribution in [-0.4, -0.2) is 13.2 Å². The Morgan fingerprint density at radius 3 is 2.85 bits per heavy atom. The predicted octanol–water partition coefficient (Wildman–Crippen LogP) is 4.49. The van der Waals surface area contributed by atoms with E-state index in [1.54, 1.807) is 6.07 Å². The molecule has 0 saturated heterocycles. The van der Waals surface area contributed by atoms with Gasteiger partial charge in [-0.2, -0.15) is 0 Å². The molecule has 0 saturated carbocycles. The van der Waals surface area contributed by atoms with E-state index in [0.717, 1.165) is 23.4 Å². The largest absolute Gasteiger partial charge is 0.491 e. The Bertz CT molecular complexity index is 617. The van der Waals surface area contributed by atoms with Crippen molar-refractivity contribution in [2.75, 3.05) is 18.1 Å². The van der Waals surface area contributed by atoms with Gasteiger partial charge >= 0.3 is 0 Å². The number of rotatable bonds is 2. The van der Waals surface area contributed by atoms with Crippen molar-refractivity contribution >= 4 is 23.0 Å². The maximum Gasteiger partial charge on any atom is 0.147 e. The molecule has 2 aromatic carbocycles. The molecule has 3 rings (SSSR count). The summed E-state index contributed by atoms with van der Waals surface area (Å²) < 4.78 is 20.0. The average Bonchev–Trinajstić information content (AvgIpc) is 2.69. The van der Waals surface area contributed by atoms with Gasteiger partial charge in [-0.15, -0.1) is 11.6 Å². The highest BCUT2D eigenvalue weighted by atomic mass is 35.5. The third kappa shape index (κ3) is 2.34. The monoisotopic (exact) mass is 291 g/mol. The first kappa shape index (κ1) is 13.3. The Hall–Kier alpha value is -1.74. The molecule has 1 aliphatic heterocycles. The van der Waals surface area contributed by atoms with Gasteiger partial charge in [-0.1, -0.05) is 24.3 Å². The minimum Gasteiger partial charge on any atom is -0.491 e. The van der Waals surface area contributed by atoms with Crippen molar-refractivity contribution < 1.29 is 9.13 Å². The third-order valence-electron chi connectivity index (χ3n) is 3.42. The molecular weight excluding hydrogens is 277 g/mol. The summed E-state index contributed by atoms with van der Waals surface area (Å²) in [7, 11) is 0. The van der Waals surface area contributed by atoms with Gasteiger partial charge in [-0.25, -0.2) is 4.39 Å². The molecule has 0 spiro atoms. The van der Waals surface area contributed by atoms with Crippen LogP contribution >= 0.6 is 11.6 Å². The Morgan fingerprint density at radius 1 is 1.15 bits per heavy atom. The number of alkyl halides is 1. The summed E-state index contributed by atoms with van der Waals surface area (Å²) in [5.74, 6) is 0.820. The van der Waals surface area contributed by atoms with Crippen molar-refractivity contribution in [2.45, 2.75) is 12.3 Å². The van der Waals surface area contributed by atoms with Crippen LogP contribution in [0.15, 0.2) is 42.5 Å². The van der Waals surface area contributed by atoms with Crippen molar-refractivity contribution in [2.24, 2.45) is 0 Å². The SMILES string of the molecule is Fc1cccc(CCl)c1N1CCCOc2ccccc21. The van der Waals surface area contributed by atoms with Crippen molar-refractivity contribution in [1.29, 1.82) is 0 Å². The van der Waals surface area contributed by atoms with Gasteiger partial charge in [0.05, 0.1) is 18.0 Å². The van der Waals surface area contributed by atoms with Crippen LogP contribution in [0.2, 0.25) is 0 Å². The van der Waals surface area contributed by atoms with Gasteiger partial charge in [0.1, 0.15) is 11.6 Å². The zero-order valence-electron chi connectivity index (χ0n) is 11.0. The molecule has 1 aliphatic rings. The van der Waals surface area contributed by atoms with Crippen LogP contribution in [0.1, 0.15) is 12.0 Å². The lowest BCUT2D eigenvalue weighted by atomic mass is 10.1. The van der Waals surface area contributed by atoms with E-state index in [-0.39, 0.29) is 11.7 Å². The second-order valence-corrected chi connectivity index (χ2v) is 4.97.